The zero-order valence-corrected chi connectivity index (χ0v) is 15.2. The van der Waals surface area contributed by atoms with Gasteiger partial charge in [0.15, 0.2) is 0 Å². The lowest BCUT2D eigenvalue weighted by atomic mass is 10.1. The standard InChI is InChI=1S/C17H23F2N3O2.ClH/c1-3-21(4-2)16(23)10-15-17(24)22(6-5-20-15)11-12-7-13(18)9-14(19)8-12;/h7-9,15,20H,3-6,10-11H2,1-2H3;1H. The fraction of sp³-hybridized carbons (Fsp3) is 0.529. The Morgan fingerprint density at radius 2 is 1.84 bits per heavy atom. The molecule has 1 heterocycles. The number of benzene rings is 1. The molecule has 5 nitrogen and oxygen atoms in total. The van der Waals surface area contributed by atoms with Crippen LogP contribution in [0.2, 0.25) is 0 Å². The Morgan fingerprint density at radius 1 is 1.24 bits per heavy atom. The van der Waals surface area contributed by atoms with Crippen LogP contribution in [0, 0.1) is 11.6 Å². The molecule has 1 N–H and O–H groups in total. The topological polar surface area (TPSA) is 52.7 Å². The second kappa shape index (κ2) is 9.68. The summed E-state index contributed by atoms with van der Waals surface area (Å²) in [6, 6.07) is 2.64. The molecule has 1 aliphatic heterocycles. The summed E-state index contributed by atoms with van der Waals surface area (Å²) in [7, 11) is 0. The largest absolute Gasteiger partial charge is 0.343 e. The Kier molecular flexibility index (Phi) is 8.25. The molecule has 25 heavy (non-hydrogen) atoms. The lowest BCUT2D eigenvalue weighted by Crippen LogP contribution is -2.56. The molecule has 1 aromatic rings. The van der Waals surface area contributed by atoms with Crippen LogP contribution in [-0.2, 0) is 16.1 Å². The van der Waals surface area contributed by atoms with E-state index in [2.05, 4.69) is 5.32 Å². The van der Waals surface area contributed by atoms with Crippen molar-refractivity contribution in [3.63, 3.8) is 0 Å². The van der Waals surface area contributed by atoms with E-state index < -0.39 is 17.7 Å². The predicted octanol–water partition coefficient (Wildman–Crippen LogP) is 1.95. The minimum Gasteiger partial charge on any atom is -0.343 e. The molecule has 1 aliphatic rings. The summed E-state index contributed by atoms with van der Waals surface area (Å²) < 4.78 is 26.6. The monoisotopic (exact) mass is 375 g/mol. The molecule has 2 amide bonds. The molecule has 0 bridgehead atoms. The van der Waals surface area contributed by atoms with E-state index in [1.165, 1.54) is 17.0 Å². The van der Waals surface area contributed by atoms with Gasteiger partial charge in [-0.2, -0.15) is 0 Å². The molecule has 0 spiro atoms. The molecule has 0 aliphatic carbocycles. The first-order valence-electron chi connectivity index (χ1n) is 8.19. The van der Waals surface area contributed by atoms with Gasteiger partial charge < -0.3 is 15.1 Å². The summed E-state index contributed by atoms with van der Waals surface area (Å²) >= 11 is 0. The van der Waals surface area contributed by atoms with Crippen LogP contribution in [0.4, 0.5) is 8.78 Å². The van der Waals surface area contributed by atoms with Crippen LogP contribution in [0.3, 0.4) is 0 Å². The van der Waals surface area contributed by atoms with Crippen LogP contribution in [0.5, 0.6) is 0 Å². The zero-order chi connectivity index (χ0) is 17.7. The van der Waals surface area contributed by atoms with Crippen LogP contribution in [-0.4, -0.2) is 53.8 Å². The van der Waals surface area contributed by atoms with Gasteiger partial charge in [0.05, 0.1) is 12.5 Å². The molecule has 2 rings (SSSR count). The van der Waals surface area contributed by atoms with Crippen molar-refractivity contribution in [3.05, 3.63) is 35.4 Å². The third-order valence-corrected chi connectivity index (χ3v) is 4.17. The van der Waals surface area contributed by atoms with Gasteiger partial charge >= 0.3 is 0 Å². The molecule has 0 radical (unpaired) electrons. The average molecular weight is 376 g/mol. The van der Waals surface area contributed by atoms with Crippen molar-refractivity contribution in [2.75, 3.05) is 26.2 Å². The van der Waals surface area contributed by atoms with Crippen molar-refractivity contribution < 1.29 is 18.4 Å². The number of hydrogen-bond acceptors (Lipinski definition) is 3. The molecular weight excluding hydrogens is 352 g/mol. The third-order valence-electron chi connectivity index (χ3n) is 4.17. The van der Waals surface area contributed by atoms with E-state index >= 15 is 0 Å². The maximum absolute atomic E-state index is 13.3. The summed E-state index contributed by atoms with van der Waals surface area (Å²) in [6.07, 6.45) is 0.0918. The number of halogens is 3. The summed E-state index contributed by atoms with van der Waals surface area (Å²) in [4.78, 5) is 27.9. The molecule has 140 valence electrons. The molecule has 1 aromatic carbocycles. The number of carbonyl (C=O) groups is 2. The van der Waals surface area contributed by atoms with Crippen molar-refractivity contribution in [1.82, 2.24) is 15.1 Å². The van der Waals surface area contributed by atoms with Gasteiger partial charge in [-0.05, 0) is 31.5 Å². The van der Waals surface area contributed by atoms with E-state index in [1.807, 2.05) is 13.8 Å². The smallest absolute Gasteiger partial charge is 0.240 e. The molecule has 8 heteroatoms. The van der Waals surface area contributed by atoms with Crippen molar-refractivity contribution in [2.24, 2.45) is 0 Å². The minimum absolute atomic E-state index is 0. The lowest BCUT2D eigenvalue weighted by molar-refractivity contribution is -0.141. The first-order valence-corrected chi connectivity index (χ1v) is 8.19. The van der Waals surface area contributed by atoms with Gasteiger partial charge in [-0.25, -0.2) is 8.78 Å². The highest BCUT2D eigenvalue weighted by Crippen LogP contribution is 2.14. The molecule has 0 saturated carbocycles. The van der Waals surface area contributed by atoms with Crippen LogP contribution < -0.4 is 5.32 Å². The first kappa shape index (κ1) is 21.3. The molecule has 1 unspecified atom stereocenters. The maximum Gasteiger partial charge on any atom is 0.240 e. The highest BCUT2D eigenvalue weighted by Gasteiger charge is 2.31. The van der Waals surface area contributed by atoms with Gasteiger partial charge in [0.2, 0.25) is 11.8 Å². The van der Waals surface area contributed by atoms with Gasteiger partial charge in [0, 0.05) is 38.8 Å². The lowest BCUT2D eigenvalue weighted by Gasteiger charge is -2.34. The number of nitrogens with one attached hydrogen (secondary N) is 1. The molecule has 0 aromatic heterocycles. The number of hydrogen-bond donors (Lipinski definition) is 1. The van der Waals surface area contributed by atoms with Crippen LogP contribution in [0.15, 0.2) is 18.2 Å². The molecule has 1 saturated heterocycles. The maximum atomic E-state index is 13.3. The second-order valence-corrected chi connectivity index (χ2v) is 5.81. The van der Waals surface area contributed by atoms with E-state index in [9.17, 15) is 18.4 Å². The van der Waals surface area contributed by atoms with E-state index in [1.54, 1.807) is 4.90 Å². The van der Waals surface area contributed by atoms with Crippen molar-refractivity contribution in [1.29, 1.82) is 0 Å². The number of nitrogens with zero attached hydrogens (tertiary/aromatic N) is 2. The number of rotatable bonds is 6. The summed E-state index contributed by atoms with van der Waals surface area (Å²) in [5.74, 6) is -1.63. The summed E-state index contributed by atoms with van der Waals surface area (Å²) in [5, 5.41) is 3.05. The summed E-state index contributed by atoms with van der Waals surface area (Å²) in [6.45, 7) is 6.09. The Bertz CT molecular complexity index is 591. The first-order chi connectivity index (χ1) is 11.4. The number of carbonyl (C=O) groups excluding carboxylic acids is 2. The Labute approximate surface area is 152 Å². The summed E-state index contributed by atoms with van der Waals surface area (Å²) in [5.41, 5.74) is 0.400. The van der Waals surface area contributed by atoms with Crippen molar-refractivity contribution in [2.45, 2.75) is 32.9 Å². The van der Waals surface area contributed by atoms with Gasteiger partial charge in [-0.3, -0.25) is 9.59 Å². The van der Waals surface area contributed by atoms with Crippen LogP contribution >= 0.6 is 12.4 Å². The Morgan fingerprint density at radius 3 is 2.40 bits per heavy atom. The molecular formula is C17H24ClF2N3O2. The van der Waals surface area contributed by atoms with Crippen molar-refractivity contribution >= 4 is 24.2 Å². The van der Waals surface area contributed by atoms with Crippen LogP contribution in [0.1, 0.15) is 25.8 Å². The van der Waals surface area contributed by atoms with E-state index in [0.29, 0.717) is 31.7 Å². The highest BCUT2D eigenvalue weighted by atomic mass is 35.5. The number of piperazine rings is 1. The minimum atomic E-state index is -0.666. The van der Waals surface area contributed by atoms with Gasteiger partial charge in [0.25, 0.3) is 0 Å². The molecule has 1 fully saturated rings. The fourth-order valence-electron chi connectivity index (χ4n) is 2.91. The normalized spacial score (nSPS) is 17.2. The van der Waals surface area contributed by atoms with Gasteiger partial charge in [-0.15, -0.1) is 12.4 Å². The van der Waals surface area contributed by atoms with Crippen molar-refractivity contribution in [3.8, 4) is 0 Å². The average Bonchev–Trinajstić information content (AvgIpc) is 2.51. The van der Waals surface area contributed by atoms with E-state index in [-0.39, 0.29) is 37.2 Å². The van der Waals surface area contributed by atoms with E-state index in [0.717, 1.165) is 6.07 Å². The highest BCUT2D eigenvalue weighted by molar-refractivity contribution is 5.89. The zero-order valence-electron chi connectivity index (χ0n) is 14.4. The Hall–Kier alpha value is -1.73. The predicted molar refractivity (Wildman–Crippen MR) is 93.4 cm³/mol. The second-order valence-electron chi connectivity index (χ2n) is 5.81. The van der Waals surface area contributed by atoms with Crippen LogP contribution in [0.25, 0.3) is 0 Å². The Balaban J connectivity index is 0.00000312. The van der Waals surface area contributed by atoms with E-state index in [4.69, 9.17) is 0 Å². The fourth-order valence-corrected chi connectivity index (χ4v) is 2.91. The molecule has 1 atom stereocenters. The SMILES string of the molecule is CCN(CC)C(=O)CC1NCCN(Cc2cc(F)cc(F)c2)C1=O.Cl. The quantitative estimate of drug-likeness (QED) is 0.826. The third kappa shape index (κ3) is 5.64. The van der Waals surface area contributed by atoms with Gasteiger partial charge in [-0.1, -0.05) is 0 Å². The van der Waals surface area contributed by atoms with Gasteiger partial charge in [0.1, 0.15) is 11.6 Å². The number of amides is 2.